The first kappa shape index (κ1) is 12.6. The van der Waals surface area contributed by atoms with E-state index in [9.17, 15) is 0 Å². The number of rotatable bonds is 4. The molecule has 0 atom stereocenters. The number of hydrogen-bond donors (Lipinski definition) is 1. The van der Waals surface area contributed by atoms with Gasteiger partial charge in [-0.1, -0.05) is 0 Å². The second kappa shape index (κ2) is 5.65. The molecule has 2 aromatic rings. The maximum atomic E-state index is 5.27. The van der Waals surface area contributed by atoms with Crippen molar-refractivity contribution in [2.75, 3.05) is 14.2 Å². The van der Waals surface area contributed by atoms with Gasteiger partial charge in [0.25, 0.3) is 0 Å². The average Bonchev–Trinajstić information content (AvgIpc) is 2.39. The predicted octanol–water partition coefficient (Wildman–Crippen LogP) is 2.79. The number of hydrogen-bond acceptors (Lipinski definition) is 3. The molecule has 0 saturated carbocycles. The first-order valence-electron chi connectivity index (χ1n) is 5.99. The number of ether oxygens (including phenoxy) is 1. The third-order valence-electron chi connectivity index (χ3n) is 2.90. The van der Waals surface area contributed by atoms with E-state index in [-0.39, 0.29) is 0 Å². The van der Waals surface area contributed by atoms with Crippen molar-refractivity contribution in [1.29, 1.82) is 0 Å². The van der Waals surface area contributed by atoms with Gasteiger partial charge in [0.2, 0.25) is 0 Å². The summed E-state index contributed by atoms with van der Waals surface area (Å²) in [4.78, 5) is 4.42. The monoisotopic (exact) mass is 242 g/mol. The maximum Gasteiger partial charge on any atom is 0.121 e. The Labute approximate surface area is 108 Å². The van der Waals surface area contributed by atoms with Gasteiger partial charge in [0, 0.05) is 18.3 Å². The number of nitrogens with zero attached hydrogens (tertiary/aromatic N) is 1. The van der Waals surface area contributed by atoms with Crippen LogP contribution in [0.15, 0.2) is 36.5 Å². The lowest BCUT2D eigenvalue weighted by molar-refractivity contribution is 0.412. The Kier molecular flexibility index (Phi) is 3.95. The van der Waals surface area contributed by atoms with Crippen molar-refractivity contribution in [1.82, 2.24) is 10.3 Å². The van der Waals surface area contributed by atoms with Crippen LogP contribution in [0.5, 0.6) is 5.75 Å². The molecule has 18 heavy (non-hydrogen) atoms. The van der Waals surface area contributed by atoms with Crippen LogP contribution >= 0.6 is 0 Å². The topological polar surface area (TPSA) is 34.2 Å². The van der Waals surface area contributed by atoms with Crippen LogP contribution in [0.3, 0.4) is 0 Å². The molecule has 3 nitrogen and oxygen atoms in total. The van der Waals surface area contributed by atoms with Gasteiger partial charge >= 0.3 is 0 Å². The van der Waals surface area contributed by atoms with Crippen molar-refractivity contribution in [2.24, 2.45) is 0 Å². The van der Waals surface area contributed by atoms with Crippen LogP contribution in [-0.2, 0) is 6.54 Å². The number of methoxy groups -OCH3 is 1. The minimum atomic E-state index is 0.852. The molecule has 1 aromatic heterocycles. The summed E-state index contributed by atoms with van der Waals surface area (Å²) in [6.45, 7) is 2.89. The van der Waals surface area contributed by atoms with Crippen molar-refractivity contribution in [3.8, 4) is 17.0 Å². The second-order valence-electron chi connectivity index (χ2n) is 4.26. The Hall–Kier alpha value is -1.87. The van der Waals surface area contributed by atoms with Crippen molar-refractivity contribution < 1.29 is 4.74 Å². The molecule has 0 saturated heterocycles. The molecule has 0 aliphatic rings. The number of aryl methyl sites for hydroxylation is 1. The SMILES string of the molecule is CNCc1ccnc(-c2ccc(OC)c(C)c2)c1. The zero-order valence-corrected chi connectivity index (χ0v) is 11.0. The molecule has 1 aromatic carbocycles. The smallest absolute Gasteiger partial charge is 0.121 e. The van der Waals surface area contributed by atoms with Crippen molar-refractivity contribution in [3.63, 3.8) is 0 Å². The molecule has 0 amide bonds. The quantitative estimate of drug-likeness (QED) is 0.895. The molecular formula is C15H18N2O. The van der Waals surface area contributed by atoms with Gasteiger partial charge in [-0.25, -0.2) is 0 Å². The molecule has 1 heterocycles. The summed E-state index contributed by atoms with van der Waals surface area (Å²) in [7, 11) is 3.63. The molecule has 0 unspecified atom stereocenters. The first-order chi connectivity index (χ1) is 8.74. The molecule has 0 spiro atoms. The van der Waals surface area contributed by atoms with Crippen molar-refractivity contribution in [2.45, 2.75) is 13.5 Å². The molecular weight excluding hydrogens is 224 g/mol. The minimum Gasteiger partial charge on any atom is -0.496 e. The zero-order valence-electron chi connectivity index (χ0n) is 11.0. The van der Waals surface area contributed by atoms with Crippen LogP contribution in [0.1, 0.15) is 11.1 Å². The molecule has 0 aliphatic heterocycles. The van der Waals surface area contributed by atoms with E-state index in [1.165, 1.54) is 5.56 Å². The average molecular weight is 242 g/mol. The normalized spacial score (nSPS) is 10.4. The van der Waals surface area contributed by atoms with Gasteiger partial charge in [-0.05, 0) is 55.4 Å². The van der Waals surface area contributed by atoms with E-state index in [1.54, 1.807) is 7.11 Å². The van der Waals surface area contributed by atoms with Crippen molar-refractivity contribution in [3.05, 3.63) is 47.7 Å². The summed E-state index contributed by atoms with van der Waals surface area (Å²) in [6.07, 6.45) is 1.85. The van der Waals surface area contributed by atoms with Crippen LogP contribution in [0.4, 0.5) is 0 Å². The molecule has 2 rings (SSSR count). The second-order valence-corrected chi connectivity index (χ2v) is 4.26. The van der Waals surface area contributed by atoms with E-state index >= 15 is 0 Å². The fourth-order valence-corrected chi connectivity index (χ4v) is 1.98. The molecule has 0 aliphatic carbocycles. The van der Waals surface area contributed by atoms with Crippen LogP contribution in [0.25, 0.3) is 11.3 Å². The standard InChI is InChI=1S/C15H18N2O/c1-11-8-13(4-5-15(11)18-3)14-9-12(10-16-2)6-7-17-14/h4-9,16H,10H2,1-3H3. The Bertz CT molecular complexity index is 538. The van der Waals surface area contributed by atoms with E-state index in [0.29, 0.717) is 0 Å². The lowest BCUT2D eigenvalue weighted by Gasteiger charge is -2.08. The number of aromatic nitrogens is 1. The highest BCUT2D eigenvalue weighted by atomic mass is 16.5. The molecule has 94 valence electrons. The minimum absolute atomic E-state index is 0.852. The lowest BCUT2D eigenvalue weighted by atomic mass is 10.1. The number of benzene rings is 1. The molecule has 0 radical (unpaired) electrons. The highest BCUT2D eigenvalue weighted by molar-refractivity contribution is 5.62. The summed E-state index contributed by atoms with van der Waals surface area (Å²) < 4.78 is 5.27. The van der Waals surface area contributed by atoms with E-state index in [2.05, 4.69) is 22.4 Å². The fraction of sp³-hybridized carbons (Fsp3) is 0.267. The van der Waals surface area contributed by atoms with Gasteiger partial charge in [-0.2, -0.15) is 0 Å². The highest BCUT2D eigenvalue weighted by Gasteiger charge is 2.04. The van der Waals surface area contributed by atoms with E-state index < -0.39 is 0 Å². The van der Waals surface area contributed by atoms with Gasteiger partial charge in [0.05, 0.1) is 12.8 Å². The predicted molar refractivity (Wildman–Crippen MR) is 73.7 cm³/mol. The molecule has 3 heteroatoms. The maximum absolute atomic E-state index is 5.27. The fourth-order valence-electron chi connectivity index (χ4n) is 1.98. The van der Waals surface area contributed by atoms with Crippen LogP contribution in [0, 0.1) is 6.92 Å². The van der Waals surface area contributed by atoms with Gasteiger partial charge in [-0.3, -0.25) is 4.98 Å². The Balaban J connectivity index is 2.36. The summed E-state index contributed by atoms with van der Waals surface area (Å²) in [5.41, 5.74) is 4.46. The van der Waals surface area contributed by atoms with Crippen LogP contribution < -0.4 is 10.1 Å². The van der Waals surface area contributed by atoms with E-state index in [4.69, 9.17) is 4.74 Å². The molecule has 0 fully saturated rings. The van der Waals surface area contributed by atoms with Crippen molar-refractivity contribution >= 4 is 0 Å². The number of nitrogens with one attached hydrogen (secondary N) is 1. The third-order valence-corrected chi connectivity index (χ3v) is 2.90. The van der Waals surface area contributed by atoms with Gasteiger partial charge in [-0.15, -0.1) is 0 Å². The largest absolute Gasteiger partial charge is 0.496 e. The lowest BCUT2D eigenvalue weighted by Crippen LogP contribution is -2.05. The Morgan fingerprint density at radius 2 is 2.06 bits per heavy atom. The highest BCUT2D eigenvalue weighted by Crippen LogP contribution is 2.25. The zero-order chi connectivity index (χ0) is 13.0. The summed E-state index contributed by atoms with van der Waals surface area (Å²) in [6, 6.07) is 10.3. The van der Waals surface area contributed by atoms with Gasteiger partial charge in [0.1, 0.15) is 5.75 Å². The Morgan fingerprint density at radius 1 is 1.22 bits per heavy atom. The molecule has 1 N–H and O–H groups in total. The van der Waals surface area contributed by atoms with Gasteiger partial charge in [0.15, 0.2) is 0 Å². The summed E-state index contributed by atoms with van der Waals surface area (Å²) >= 11 is 0. The van der Waals surface area contributed by atoms with E-state index in [1.807, 2.05) is 38.4 Å². The Morgan fingerprint density at radius 3 is 2.72 bits per heavy atom. The number of pyridine rings is 1. The molecule has 0 bridgehead atoms. The van der Waals surface area contributed by atoms with Gasteiger partial charge < -0.3 is 10.1 Å². The van der Waals surface area contributed by atoms with E-state index in [0.717, 1.165) is 29.1 Å². The third kappa shape index (κ3) is 2.68. The summed E-state index contributed by atoms with van der Waals surface area (Å²) in [5, 5.41) is 3.14. The summed E-state index contributed by atoms with van der Waals surface area (Å²) in [5.74, 6) is 0.908. The first-order valence-corrected chi connectivity index (χ1v) is 5.99. The van der Waals surface area contributed by atoms with Crippen LogP contribution in [0.2, 0.25) is 0 Å². The van der Waals surface area contributed by atoms with Crippen LogP contribution in [-0.4, -0.2) is 19.1 Å².